The highest BCUT2D eigenvalue weighted by molar-refractivity contribution is 6.18. The number of halogens is 1. The van der Waals surface area contributed by atoms with E-state index in [-0.39, 0.29) is 6.10 Å². The summed E-state index contributed by atoms with van der Waals surface area (Å²) < 4.78 is 1.87. The Kier molecular flexibility index (Phi) is 2.72. The molecular formula is C9H12ClN3O. The molecule has 0 fully saturated rings. The molecule has 0 bridgehead atoms. The van der Waals surface area contributed by atoms with E-state index < -0.39 is 0 Å². The van der Waals surface area contributed by atoms with Crippen molar-refractivity contribution >= 4 is 17.3 Å². The van der Waals surface area contributed by atoms with E-state index in [1.165, 1.54) is 0 Å². The first kappa shape index (κ1) is 9.52. The van der Waals surface area contributed by atoms with Crippen molar-refractivity contribution in [2.24, 2.45) is 5.16 Å². The van der Waals surface area contributed by atoms with Crippen molar-refractivity contribution in [2.75, 3.05) is 5.88 Å². The number of oxime groups is 1. The van der Waals surface area contributed by atoms with E-state index in [9.17, 15) is 0 Å². The third-order valence-electron chi connectivity index (χ3n) is 2.20. The van der Waals surface area contributed by atoms with Crippen LogP contribution in [0.2, 0.25) is 0 Å². The maximum absolute atomic E-state index is 5.67. The maximum atomic E-state index is 5.67. The standard InChI is InChI=1S/C9H12ClN3O/c1-2-13-6-7(5-11-13)9-3-8(4-10)14-12-9/h5-6,8H,2-4H2,1H3. The lowest BCUT2D eigenvalue weighted by atomic mass is 10.1. The third-order valence-corrected chi connectivity index (χ3v) is 2.54. The molecule has 1 aromatic rings. The van der Waals surface area contributed by atoms with Gasteiger partial charge in [0.2, 0.25) is 0 Å². The van der Waals surface area contributed by atoms with Crippen LogP contribution in [0.1, 0.15) is 18.9 Å². The molecule has 0 aliphatic carbocycles. The Hall–Kier alpha value is -1.03. The quantitative estimate of drug-likeness (QED) is 0.716. The van der Waals surface area contributed by atoms with Gasteiger partial charge in [0.1, 0.15) is 6.10 Å². The smallest absolute Gasteiger partial charge is 0.146 e. The van der Waals surface area contributed by atoms with Gasteiger partial charge < -0.3 is 4.84 Å². The summed E-state index contributed by atoms with van der Waals surface area (Å²) in [6, 6.07) is 0. The molecule has 0 aromatic carbocycles. The van der Waals surface area contributed by atoms with Crippen LogP contribution in [0.15, 0.2) is 17.5 Å². The van der Waals surface area contributed by atoms with Crippen LogP contribution in [0, 0.1) is 0 Å². The first-order chi connectivity index (χ1) is 6.83. The predicted octanol–water partition coefficient (Wildman–Crippen LogP) is 1.63. The fourth-order valence-corrected chi connectivity index (χ4v) is 1.53. The van der Waals surface area contributed by atoms with Crippen LogP contribution in [0.25, 0.3) is 0 Å². The van der Waals surface area contributed by atoms with E-state index in [0.29, 0.717) is 5.88 Å². The summed E-state index contributed by atoms with van der Waals surface area (Å²) in [7, 11) is 0. The number of hydrogen-bond acceptors (Lipinski definition) is 3. The Morgan fingerprint density at radius 1 is 1.71 bits per heavy atom. The molecule has 5 heteroatoms. The second-order valence-electron chi connectivity index (χ2n) is 3.21. The highest BCUT2D eigenvalue weighted by Gasteiger charge is 2.21. The molecule has 2 heterocycles. The van der Waals surface area contributed by atoms with Crippen molar-refractivity contribution < 1.29 is 4.84 Å². The van der Waals surface area contributed by atoms with Crippen molar-refractivity contribution in [3.8, 4) is 0 Å². The van der Waals surface area contributed by atoms with Gasteiger partial charge >= 0.3 is 0 Å². The molecule has 76 valence electrons. The number of nitrogens with zero attached hydrogens (tertiary/aromatic N) is 3. The van der Waals surface area contributed by atoms with Gasteiger partial charge in [-0.1, -0.05) is 5.16 Å². The van der Waals surface area contributed by atoms with Crippen LogP contribution in [-0.4, -0.2) is 27.5 Å². The summed E-state index contributed by atoms with van der Waals surface area (Å²) >= 11 is 5.67. The van der Waals surface area contributed by atoms with Crippen molar-refractivity contribution in [3.05, 3.63) is 18.0 Å². The second kappa shape index (κ2) is 4.00. The van der Waals surface area contributed by atoms with Gasteiger partial charge in [0.05, 0.1) is 17.8 Å². The molecule has 1 unspecified atom stereocenters. The summed E-state index contributed by atoms with van der Waals surface area (Å²) in [4.78, 5) is 5.13. The molecule has 1 aliphatic rings. The Bertz CT molecular complexity index is 348. The molecule has 1 atom stereocenters. The van der Waals surface area contributed by atoms with E-state index in [1.54, 1.807) is 0 Å². The number of aromatic nitrogens is 2. The van der Waals surface area contributed by atoms with Crippen molar-refractivity contribution in [1.82, 2.24) is 9.78 Å². The second-order valence-corrected chi connectivity index (χ2v) is 3.52. The molecule has 1 aromatic heterocycles. The van der Waals surface area contributed by atoms with Gasteiger partial charge in [-0.3, -0.25) is 4.68 Å². The average Bonchev–Trinajstić information content (AvgIpc) is 2.86. The lowest BCUT2D eigenvalue weighted by Gasteiger charge is -1.99. The van der Waals surface area contributed by atoms with E-state index in [1.807, 2.05) is 24.0 Å². The highest BCUT2D eigenvalue weighted by Crippen LogP contribution is 2.16. The van der Waals surface area contributed by atoms with E-state index in [0.717, 1.165) is 24.2 Å². The molecule has 1 aliphatic heterocycles. The lowest BCUT2D eigenvalue weighted by molar-refractivity contribution is 0.102. The van der Waals surface area contributed by atoms with Gasteiger partial charge in [0.25, 0.3) is 0 Å². The SMILES string of the molecule is CCn1cc(C2=NOC(CCl)C2)cn1. The van der Waals surface area contributed by atoms with Gasteiger partial charge in [-0.2, -0.15) is 5.10 Å². The van der Waals surface area contributed by atoms with Crippen molar-refractivity contribution in [2.45, 2.75) is 26.0 Å². The first-order valence-electron chi connectivity index (χ1n) is 4.65. The van der Waals surface area contributed by atoms with Gasteiger partial charge in [0, 0.05) is 24.7 Å². The monoisotopic (exact) mass is 213 g/mol. The van der Waals surface area contributed by atoms with Crippen LogP contribution >= 0.6 is 11.6 Å². The predicted molar refractivity (Wildman–Crippen MR) is 54.6 cm³/mol. The minimum absolute atomic E-state index is 0.0247. The molecule has 0 radical (unpaired) electrons. The third kappa shape index (κ3) is 1.75. The average molecular weight is 214 g/mol. The van der Waals surface area contributed by atoms with Crippen LogP contribution in [0.5, 0.6) is 0 Å². The minimum Gasteiger partial charge on any atom is -0.391 e. The molecule has 0 saturated carbocycles. The van der Waals surface area contributed by atoms with Gasteiger partial charge in [-0.05, 0) is 6.92 Å². The fraction of sp³-hybridized carbons (Fsp3) is 0.556. The molecule has 0 spiro atoms. The van der Waals surface area contributed by atoms with Gasteiger partial charge in [0.15, 0.2) is 0 Å². The van der Waals surface area contributed by atoms with E-state index in [2.05, 4.69) is 10.3 Å². The Morgan fingerprint density at radius 2 is 2.57 bits per heavy atom. The summed E-state index contributed by atoms with van der Waals surface area (Å²) in [5.74, 6) is 0.481. The molecule has 14 heavy (non-hydrogen) atoms. The Balaban J connectivity index is 2.09. The maximum Gasteiger partial charge on any atom is 0.146 e. The normalized spacial score (nSPS) is 20.7. The highest BCUT2D eigenvalue weighted by atomic mass is 35.5. The van der Waals surface area contributed by atoms with Crippen molar-refractivity contribution in [3.63, 3.8) is 0 Å². The zero-order valence-corrected chi connectivity index (χ0v) is 8.74. The van der Waals surface area contributed by atoms with E-state index in [4.69, 9.17) is 16.4 Å². The molecule has 0 saturated heterocycles. The van der Waals surface area contributed by atoms with Crippen LogP contribution < -0.4 is 0 Å². The summed E-state index contributed by atoms with van der Waals surface area (Å²) in [5.41, 5.74) is 1.97. The Labute approximate surface area is 87.5 Å². The minimum atomic E-state index is 0.0247. The van der Waals surface area contributed by atoms with Gasteiger partial charge in [-0.25, -0.2) is 0 Å². The Morgan fingerprint density at radius 3 is 3.14 bits per heavy atom. The molecular weight excluding hydrogens is 202 g/mol. The van der Waals surface area contributed by atoms with Crippen molar-refractivity contribution in [1.29, 1.82) is 0 Å². The lowest BCUT2D eigenvalue weighted by Crippen LogP contribution is -2.09. The van der Waals surface area contributed by atoms with Crippen LogP contribution in [0.4, 0.5) is 0 Å². The fourth-order valence-electron chi connectivity index (χ4n) is 1.37. The summed E-state index contributed by atoms with van der Waals surface area (Å²) in [6.45, 7) is 2.92. The zero-order valence-electron chi connectivity index (χ0n) is 7.98. The molecule has 2 rings (SSSR count). The number of aryl methyl sites for hydroxylation is 1. The van der Waals surface area contributed by atoms with E-state index >= 15 is 0 Å². The molecule has 4 nitrogen and oxygen atoms in total. The topological polar surface area (TPSA) is 39.4 Å². The number of rotatable bonds is 3. The largest absolute Gasteiger partial charge is 0.391 e. The number of hydrogen-bond donors (Lipinski definition) is 0. The van der Waals surface area contributed by atoms with Crippen LogP contribution in [-0.2, 0) is 11.4 Å². The molecule has 0 N–H and O–H groups in total. The zero-order chi connectivity index (χ0) is 9.97. The summed E-state index contributed by atoms with van der Waals surface area (Å²) in [6.07, 6.45) is 4.58. The summed E-state index contributed by atoms with van der Waals surface area (Å²) in [5, 5.41) is 8.16. The number of alkyl halides is 1. The van der Waals surface area contributed by atoms with Crippen LogP contribution in [0.3, 0.4) is 0 Å². The first-order valence-corrected chi connectivity index (χ1v) is 5.18. The molecule has 0 amide bonds. The van der Waals surface area contributed by atoms with Gasteiger partial charge in [-0.15, -0.1) is 11.6 Å².